The molecular weight excluding hydrogens is 272 g/mol. The van der Waals surface area contributed by atoms with E-state index in [1.807, 2.05) is 19.1 Å². The zero-order chi connectivity index (χ0) is 14.1. The lowest BCUT2D eigenvalue weighted by molar-refractivity contribution is 0.0934. The van der Waals surface area contributed by atoms with Crippen molar-refractivity contribution in [2.75, 3.05) is 18.8 Å². The van der Waals surface area contributed by atoms with E-state index in [-0.39, 0.29) is 11.9 Å². The highest BCUT2D eigenvalue weighted by Gasteiger charge is 2.21. The van der Waals surface area contributed by atoms with Gasteiger partial charge in [0.15, 0.2) is 0 Å². The van der Waals surface area contributed by atoms with Crippen molar-refractivity contribution >= 4 is 33.1 Å². The zero-order valence-corrected chi connectivity index (χ0v) is 12.2. The molecule has 0 atom stereocenters. The molecule has 1 aliphatic rings. The molecule has 3 rings (SSSR count). The summed E-state index contributed by atoms with van der Waals surface area (Å²) in [6, 6.07) is 4.09. The van der Waals surface area contributed by atoms with E-state index in [1.54, 1.807) is 0 Å². The Bertz CT molecular complexity index is 646. The molecule has 0 aliphatic carbocycles. The number of nitrogens with one attached hydrogen (secondary N) is 2. The first-order valence-corrected chi connectivity index (χ1v) is 7.64. The fourth-order valence-corrected chi connectivity index (χ4v) is 3.52. The Morgan fingerprint density at radius 3 is 2.95 bits per heavy atom. The summed E-state index contributed by atoms with van der Waals surface area (Å²) < 4.78 is 0. The summed E-state index contributed by atoms with van der Waals surface area (Å²) in [4.78, 5) is 18.2. The van der Waals surface area contributed by atoms with Gasteiger partial charge >= 0.3 is 0 Å². The molecule has 1 fully saturated rings. The summed E-state index contributed by atoms with van der Waals surface area (Å²) in [5.41, 5.74) is 7.57. The molecule has 0 saturated carbocycles. The standard InChI is InChI=1S/C14H18N4OS/c1-8-2-3-10-11(15)12(20-14(10)17-8)13(19)18-9-4-6-16-7-5-9/h2-3,9,16H,4-7,15H2,1H3,(H,18,19). The normalized spacial score (nSPS) is 16.4. The average Bonchev–Trinajstić information content (AvgIpc) is 2.76. The van der Waals surface area contributed by atoms with Gasteiger partial charge in [-0.2, -0.15) is 0 Å². The van der Waals surface area contributed by atoms with E-state index in [2.05, 4.69) is 15.6 Å². The molecule has 2 aromatic rings. The van der Waals surface area contributed by atoms with Crippen molar-refractivity contribution in [1.82, 2.24) is 15.6 Å². The van der Waals surface area contributed by atoms with Crippen molar-refractivity contribution < 1.29 is 4.79 Å². The van der Waals surface area contributed by atoms with Crippen LogP contribution in [-0.4, -0.2) is 30.0 Å². The molecule has 106 valence electrons. The maximum absolute atomic E-state index is 12.4. The first kappa shape index (κ1) is 13.3. The number of nitrogens with two attached hydrogens (primary N) is 1. The Balaban J connectivity index is 1.85. The van der Waals surface area contributed by atoms with Gasteiger partial charge in [-0.3, -0.25) is 4.79 Å². The molecule has 1 aliphatic heterocycles. The van der Waals surface area contributed by atoms with E-state index < -0.39 is 0 Å². The number of amides is 1. The van der Waals surface area contributed by atoms with Crippen molar-refractivity contribution in [3.8, 4) is 0 Å². The number of piperidine rings is 1. The van der Waals surface area contributed by atoms with E-state index in [1.165, 1.54) is 11.3 Å². The van der Waals surface area contributed by atoms with Gasteiger partial charge in [0.25, 0.3) is 5.91 Å². The van der Waals surface area contributed by atoms with Crippen LogP contribution in [0, 0.1) is 6.92 Å². The third-order valence-corrected chi connectivity index (χ3v) is 4.73. The number of nitrogens with zero attached hydrogens (tertiary/aromatic N) is 1. The SMILES string of the molecule is Cc1ccc2c(N)c(C(=O)NC3CCNCC3)sc2n1. The molecule has 3 heterocycles. The van der Waals surface area contributed by atoms with Crippen LogP contribution < -0.4 is 16.4 Å². The number of fused-ring (bicyclic) bond motifs is 1. The summed E-state index contributed by atoms with van der Waals surface area (Å²) in [6.07, 6.45) is 1.93. The van der Waals surface area contributed by atoms with Crippen LogP contribution in [0.5, 0.6) is 0 Å². The second-order valence-corrected chi connectivity index (χ2v) is 6.15. The largest absolute Gasteiger partial charge is 0.397 e. The maximum Gasteiger partial charge on any atom is 0.263 e. The van der Waals surface area contributed by atoms with Crippen molar-refractivity contribution in [3.63, 3.8) is 0 Å². The highest BCUT2D eigenvalue weighted by atomic mass is 32.1. The van der Waals surface area contributed by atoms with Crippen LogP contribution in [0.25, 0.3) is 10.2 Å². The predicted octanol–water partition coefficient (Wildman–Crippen LogP) is 1.67. The molecule has 0 spiro atoms. The second-order valence-electron chi connectivity index (χ2n) is 5.15. The molecule has 6 heteroatoms. The van der Waals surface area contributed by atoms with Crippen LogP contribution in [0.15, 0.2) is 12.1 Å². The number of carbonyl (C=O) groups excluding carboxylic acids is 1. The predicted molar refractivity (Wildman–Crippen MR) is 82.1 cm³/mol. The van der Waals surface area contributed by atoms with Crippen LogP contribution in [0.3, 0.4) is 0 Å². The van der Waals surface area contributed by atoms with Gasteiger partial charge in [-0.15, -0.1) is 11.3 Å². The minimum atomic E-state index is -0.0740. The molecular formula is C14H18N4OS. The Hall–Kier alpha value is -1.66. The second kappa shape index (κ2) is 5.38. The van der Waals surface area contributed by atoms with Crippen molar-refractivity contribution in [2.45, 2.75) is 25.8 Å². The molecule has 0 aromatic carbocycles. The van der Waals surface area contributed by atoms with Gasteiger partial charge in [0, 0.05) is 17.1 Å². The smallest absolute Gasteiger partial charge is 0.263 e. The quantitative estimate of drug-likeness (QED) is 0.786. The summed E-state index contributed by atoms with van der Waals surface area (Å²) in [5, 5.41) is 7.23. The molecule has 0 radical (unpaired) electrons. The number of anilines is 1. The van der Waals surface area contributed by atoms with E-state index >= 15 is 0 Å². The molecule has 20 heavy (non-hydrogen) atoms. The van der Waals surface area contributed by atoms with Gasteiger partial charge in [-0.25, -0.2) is 4.98 Å². The summed E-state index contributed by atoms with van der Waals surface area (Å²) in [6.45, 7) is 3.84. The highest BCUT2D eigenvalue weighted by Crippen LogP contribution is 2.32. The molecule has 0 bridgehead atoms. The fraction of sp³-hybridized carbons (Fsp3) is 0.429. The van der Waals surface area contributed by atoms with E-state index in [0.29, 0.717) is 10.6 Å². The first-order valence-electron chi connectivity index (χ1n) is 6.82. The van der Waals surface area contributed by atoms with Crippen molar-refractivity contribution in [1.29, 1.82) is 0 Å². The maximum atomic E-state index is 12.4. The number of pyridine rings is 1. The van der Waals surface area contributed by atoms with Crippen LogP contribution in [0.4, 0.5) is 5.69 Å². The zero-order valence-electron chi connectivity index (χ0n) is 11.4. The molecule has 1 amide bonds. The van der Waals surface area contributed by atoms with E-state index in [4.69, 9.17) is 5.73 Å². The highest BCUT2D eigenvalue weighted by molar-refractivity contribution is 7.21. The number of thiophene rings is 1. The van der Waals surface area contributed by atoms with E-state index in [9.17, 15) is 4.79 Å². The summed E-state index contributed by atoms with van der Waals surface area (Å²) in [5.74, 6) is -0.0740. The Labute approximate surface area is 121 Å². The third kappa shape index (κ3) is 2.48. The van der Waals surface area contributed by atoms with Crippen LogP contribution in [-0.2, 0) is 0 Å². The lowest BCUT2D eigenvalue weighted by atomic mass is 10.1. The van der Waals surface area contributed by atoms with E-state index in [0.717, 1.165) is 41.8 Å². The number of carbonyl (C=O) groups is 1. The monoisotopic (exact) mass is 290 g/mol. The van der Waals surface area contributed by atoms with Gasteiger partial charge in [0.2, 0.25) is 0 Å². The Kier molecular flexibility index (Phi) is 3.58. The number of aromatic nitrogens is 1. The van der Waals surface area contributed by atoms with Crippen LogP contribution in [0.2, 0.25) is 0 Å². The van der Waals surface area contributed by atoms with Gasteiger partial charge in [0.05, 0.1) is 5.69 Å². The lowest BCUT2D eigenvalue weighted by Crippen LogP contribution is -2.42. The summed E-state index contributed by atoms with van der Waals surface area (Å²) in [7, 11) is 0. The van der Waals surface area contributed by atoms with Crippen LogP contribution in [0.1, 0.15) is 28.2 Å². The fourth-order valence-electron chi connectivity index (χ4n) is 2.48. The topological polar surface area (TPSA) is 80.0 Å². The molecule has 2 aromatic heterocycles. The van der Waals surface area contributed by atoms with Crippen LogP contribution >= 0.6 is 11.3 Å². The lowest BCUT2D eigenvalue weighted by Gasteiger charge is -2.23. The number of hydrogen-bond donors (Lipinski definition) is 3. The number of nitrogen functional groups attached to an aromatic ring is 1. The molecule has 0 unspecified atom stereocenters. The minimum absolute atomic E-state index is 0.0740. The minimum Gasteiger partial charge on any atom is -0.397 e. The van der Waals surface area contributed by atoms with Gasteiger partial charge in [-0.1, -0.05) is 0 Å². The first-order chi connectivity index (χ1) is 9.65. The Morgan fingerprint density at radius 1 is 1.45 bits per heavy atom. The number of hydrogen-bond acceptors (Lipinski definition) is 5. The number of aryl methyl sites for hydroxylation is 1. The molecule has 1 saturated heterocycles. The third-order valence-electron chi connectivity index (χ3n) is 3.61. The van der Waals surface area contributed by atoms with Crippen molar-refractivity contribution in [2.24, 2.45) is 0 Å². The average molecular weight is 290 g/mol. The van der Waals surface area contributed by atoms with Gasteiger partial charge < -0.3 is 16.4 Å². The number of rotatable bonds is 2. The van der Waals surface area contributed by atoms with Crippen molar-refractivity contribution in [3.05, 3.63) is 22.7 Å². The van der Waals surface area contributed by atoms with Gasteiger partial charge in [0.1, 0.15) is 9.71 Å². The van der Waals surface area contributed by atoms with Gasteiger partial charge in [-0.05, 0) is 45.0 Å². The molecule has 4 N–H and O–H groups in total. The Morgan fingerprint density at radius 2 is 2.20 bits per heavy atom. The molecule has 5 nitrogen and oxygen atoms in total. The summed E-state index contributed by atoms with van der Waals surface area (Å²) >= 11 is 1.37.